The summed E-state index contributed by atoms with van der Waals surface area (Å²) in [5.74, 6) is -2.93. The minimum absolute atomic E-state index is 0.356. The lowest BCUT2D eigenvalue weighted by Crippen LogP contribution is -2.34. The zero-order valence-electron chi connectivity index (χ0n) is 4.57. The minimum Gasteiger partial charge on any atom is -0.475 e. The van der Waals surface area contributed by atoms with Crippen molar-refractivity contribution in [1.82, 2.24) is 0 Å². The summed E-state index contributed by atoms with van der Waals surface area (Å²) in [5.41, 5.74) is 4.78. The number of carboxylic acids is 1. The van der Waals surface area contributed by atoms with Gasteiger partial charge in [0.25, 0.3) is 5.78 Å². The zero-order chi connectivity index (χ0) is 7.44. The molecule has 5 nitrogen and oxygen atoms in total. The summed E-state index contributed by atoms with van der Waals surface area (Å²) in [4.78, 5) is 19.9. The Hall–Kier alpha value is -0.940. The number of hydrogen-bond donors (Lipinski definition) is 3. The third-order valence-corrected chi connectivity index (χ3v) is 0.737. The fourth-order valence-corrected chi connectivity index (χ4v) is 0.250. The predicted molar refractivity (Wildman–Crippen MR) is 27.7 cm³/mol. The van der Waals surface area contributed by atoms with Crippen LogP contribution in [0.3, 0.4) is 0 Å². The van der Waals surface area contributed by atoms with Crippen LogP contribution in [0.1, 0.15) is 0 Å². The van der Waals surface area contributed by atoms with E-state index in [0.717, 1.165) is 0 Å². The van der Waals surface area contributed by atoms with Crippen molar-refractivity contribution >= 4 is 11.8 Å². The molecule has 4 N–H and O–H groups in total. The lowest BCUT2D eigenvalue weighted by Gasteiger charge is -1.99. The first-order chi connectivity index (χ1) is 4.09. The number of aliphatic hydroxyl groups is 1. The number of ketones is 1. The number of aliphatic carboxylic acids is 1. The minimum atomic E-state index is -1.66. The number of carbonyl (C=O) groups excluding carboxylic acids is 1. The van der Waals surface area contributed by atoms with Crippen molar-refractivity contribution in [3.05, 3.63) is 0 Å². The van der Waals surface area contributed by atoms with E-state index in [0.29, 0.717) is 0 Å². The Morgan fingerprint density at radius 3 is 2.11 bits per heavy atom. The van der Waals surface area contributed by atoms with Crippen LogP contribution in [0, 0.1) is 0 Å². The number of aliphatic hydroxyl groups excluding tert-OH is 1. The van der Waals surface area contributed by atoms with E-state index in [4.69, 9.17) is 15.9 Å². The average Bonchev–Trinajstić information content (AvgIpc) is 1.84. The number of rotatable bonds is 3. The van der Waals surface area contributed by atoms with Crippen molar-refractivity contribution in [1.29, 1.82) is 0 Å². The molecule has 0 fully saturated rings. The molecule has 5 heteroatoms. The molecule has 0 heterocycles. The standard InChI is InChI=1S/C4H7NO4/c5-1-2(6)3(7)4(8)9/h2,6H,1,5H2,(H,8,9). The van der Waals surface area contributed by atoms with Crippen LogP contribution in [0.5, 0.6) is 0 Å². The van der Waals surface area contributed by atoms with Gasteiger partial charge in [-0.05, 0) is 0 Å². The first kappa shape index (κ1) is 8.06. The molecule has 0 amide bonds. The van der Waals surface area contributed by atoms with E-state index >= 15 is 0 Å². The Balaban J connectivity index is 3.88. The van der Waals surface area contributed by atoms with E-state index in [2.05, 4.69) is 0 Å². The highest BCUT2D eigenvalue weighted by Gasteiger charge is 2.19. The first-order valence-electron chi connectivity index (χ1n) is 2.25. The molecule has 0 aromatic heterocycles. The Bertz CT molecular complexity index is 133. The summed E-state index contributed by atoms with van der Waals surface area (Å²) < 4.78 is 0. The van der Waals surface area contributed by atoms with Crippen molar-refractivity contribution in [2.24, 2.45) is 5.73 Å². The fourth-order valence-electron chi connectivity index (χ4n) is 0.250. The molecule has 52 valence electrons. The van der Waals surface area contributed by atoms with Gasteiger partial charge in [0.05, 0.1) is 0 Å². The van der Waals surface area contributed by atoms with Gasteiger partial charge in [0.15, 0.2) is 0 Å². The van der Waals surface area contributed by atoms with E-state index in [1.807, 2.05) is 0 Å². The lowest BCUT2D eigenvalue weighted by atomic mass is 10.2. The predicted octanol–water partition coefficient (Wildman–Crippen LogP) is -2.04. The maximum atomic E-state index is 10.1. The molecule has 0 rings (SSSR count). The SMILES string of the molecule is NCC(O)C(=O)C(=O)O. The lowest BCUT2D eigenvalue weighted by molar-refractivity contribution is -0.152. The van der Waals surface area contributed by atoms with Gasteiger partial charge in [0.2, 0.25) is 0 Å². The molecule has 1 unspecified atom stereocenters. The van der Waals surface area contributed by atoms with E-state index in [1.54, 1.807) is 0 Å². The molecule has 0 aliphatic heterocycles. The van der Waals surface area contributed by atoms with Crippen molar-refractivity contribution in [2.75, 3.05) is 6.54 Å². The van der Waals surface area contributed by atoms with Gasteiger partial charge in [0, 0.05) is 6.54 Å². The van der Waals surface area contributed by atoms with E-state index < -0.39 is 17.9 Å². The summed E-state index contributed by atoms with van der Waals surface area (Å²) in [7, 11) is 0. The molecule has 0 aliphatic rings. The highest BCUT2D eigenvalue weighted by molar-refractivity contribution is 6.34. The average molecular weight is 133 g/mol. The van der Waals surface area contributed by atoms with Crippen LogP contribution in [-0.4, -0.2) is 34.6 Å². The summed E-state index contributed by atoms with van der Waals surface area (Å²) >= 11 is 0. The van der Waals surface area contributed by atoms with Crippen LogP contribution in [0.25, 0.3) is 0 Å². The Morgan fingerprint density at radius 2 is 2.00 bits per heavy atom. The van der Waals surface area contributed by atoms with Gasteiger partial charge in [-0.2, -0.15) is 0 Å². The maximum Gasteiger partial charge on any atom is 0.375 e. The third-order valence-electron chi connectivity index (χ3n) is 0.737. The molecular weight excluding hydrogens is 126 g/mol. The normalized spacial score (nSPS) is 12.7. The van der Waals surface area contributed by atoms with Gasteiger partial charge in [-0.15, -0.1) is 0 Å². The smallest absolute Gasteiger partial charge is 0.375 e. The number of carbonyl (C=O) groups is 2. The highest BCUT2D eigenvalue weighted by atomic mass is 16.4. The quantitative estimate of drug-likeness (QED) is 0.385. The molecule has 0 radical (unpaired) electrons. The topological polar surface area (TPSA) is 101 Å². The second kappa shape index (κ2) is 3.16. The molecule has 0 saturated heterocycles. The van der Waals surface area contributed by atoms with Gasteiger partial charge in [-0.1, -0.05) is 0 Å². The van der Waals surface area contributed by atoms with Crippen LogP contribution < -0.4 is 5.73 Å². The van der Waals surface area contributed by atoms with Crippen molar-refractivity contribution in [3.63, 3.8) is 0 Å². The van der Waals surface area contributed by atoms with Gasteiger partial charge in [-0.3, -0.25) is 4.79 Å². The van der Waals surface area contributed by atoms with Gasteiger partial charge >= 0.3 is 5.97 Å². The summed E-state index contributed by atoms with van der Waals surface area (Å²) in [6.07, 6.45) is -1.57. The van der Waals surface area contributed by atoms with Crippen LogP contribution >= 0.6 is 0 Å². The molecule has 9 heavy (non-hydrogen) atoms. The Morgan fingerprint density at radius 1 is 1.56 bits per heavy atom. The molecular formula is C4H7NO4. The maximum absolute atomic E-state index is 10.1. The van der Waals surface area contributed by atoms with Crippen LogP contribution in [0.4, 0.5) is 0 Å². The first-order valence-corrected chi connectivity index (χ1v) is 2.25. The second-order valence-electron chi connectivity index (χ2n) is 1.42. The Kier molecular flexibility index (Phi) is 2.83. The molecule has 0 aromatic rings. The van der Waals surface area contributed by atoms with Crippen LogP contribution in [-0.2, 0) is 9.59 Å². The third kappa shape index (κ3) is 2.20. The van der Waals surface area contributed by atoms with Crippen LogP contribution in [0.15, 0.2) is 0 Å². The molecule has 1 atom stereocenters. The van der Waals surface area contributed by atoms with Gasteiger partial charge in [0.1, 0.15) is 6.10 Å². The monoisotopic (exact) mass is 133 g/mol. The molecule has 0 saturated carbocycles. The van der Waals surface area contributed by atoms with E-state index in [1.165, 1.54) is 0 Å². The number of Topliss-reactive ketones (excluding diaryl/α,β-unsaturated/α-hetero) is 1. The van der Waals surface area contributed by atoms with Crippen molar-refractivity contribution in [2.45, 2.75) is 6.10 Å². The number of nitrogens with two attached hydrogens (primary N) is 1. The Labute approximate surface area is 51.1 Å². The summed E-state index contributed by atoms with van der Waals surface area (Å²) in [6, 6.07) is 0. The highest BCUT2D eigenvalue weighted by Crippen LogP contribution is 1.81. The molecule has 0 spiro atoms. The summed E-state index contributed by atoms with van der Waals surface area (Å²) in [6.45, 7) is -0.356. The van der Waals surface area contributed by atoms with E-state index in [9.17, 15) is 9.59 Å². The van der Waals surface area contributed by atoms with E-state index in [-0.39, 0.29) is 6.54 Å². The summed E-state index contributed by atoms with van der Waals surface area (Å²) in [5, 5.41) is 16.4. The van der Waals surface area contributed by atoms with Crippen LogP contribution in [0.2, 0.25) is 0 Å². The van der Waals surface area contributed by atoms with Gasteiger partial charge < -0.3 is 15.9 Å². The van der Waals surface area contributed by atoms with Crippen molar-refractivity contribution in [3.8, 4) is 0 Å². The van der Waals surface area contributed by atoms with Gasteiger partial charge in [-0.25, -0.2) is 4.79 Å². The number of hydrogen-bond acceptors (Lipinski definition) is 4. The largest absolute Gasteiger partial charge is 0.475 e. The zero-order valence-corrected chi connectivity index (χ0v) is 4.57. The second-order valence-corrected chi connectivity index (χ2v) is 1.42. The van der Waals surface area contributed by atoms with Crippen molar-refractivity contribution < 1.29 is 19.8 Å². The molecule has 0 aliphatic carbocycles. The molecule has 0 bridgehead atoms. The molecule has 0 aromatic carbocycles. The fraction of sp³-hybridized carbons (Fsp3) is 0.500. The number of carboxylic acid groups (broad SMARTS) is 1.